The van der Waals surface area contributed by atoms with E-state index in [1.54, 1.807) is 10.7 Å². The number of aromatic nitrogens is 4. The van der Waals surface area contributed by atoms with E-state index in [0.29, 0.717) is 30.5 Å². The first-order valence-corrected chi connectivity index (χ1v) is 11.8. The van der Waals surface area contributed by atoms with E-state index in [9.17, 15) is 9.59 Å². The number of carbonyl (C=O) groups is 1. The molecule has 1 atom stereocenters. The number of nitrogens with one attached hydrogen (secondary N) is 2. The molecule has 11 heteroatoms. The number of alkyl carbamates (subject to hydrolysis) is 1. The molecule has 1 amide bonds. The molecule has 0 aromatic carbocycles. The molecule has 2 aromatic heterocycles. The number of anilines is 3. The molecular formula is C23H37N7O4. The zero-order valence-electron chi connectivity index (χ0n) is 21.1. The highest BCUT2D eigenvalue weighted by Crippen LogP contribution is 2.21. The van der Waals surface area contributed by atoms with Crippen molar-refractivity contribution in [1.82, 2.24) is 24.9 Å². The van der Waals surface area contributed by atoms with Crippen LogP contribution in [0.1, 0.15) is 52.7 Å². The molecule has 1 aliphatic heterocycles. The highest BCUT2D eigenvalue weighted by Gasteiger charge is 2.26. The van der Waals surface area contributed by atoms with Crippen LogP contribution in [0.3, 0.4) is 0 Å². The van der Waals surface area contributed by atoms with Gasteiger partial charge >= 0.3 is 6.09 Å². The molecule has 2 N–H and O–H groups in total. The van der Waals surface area contributed by atoms with Crippen LogP contribution in [-0.4, -0.2) is 57.0 Å². The summed E-state index contributed by atoms with van der Waals surface area (Å²) in [7, 11) is 1.85. The Morgan fingerprint density at radius 2 is 2.03 bits per heavy atom. The predicted octanol–water partition coefficient (Wildman–Crippen LogP) is 2.91. The third-order valence-corrected chi connectivity index (χ3v) is 5.37. The van der Waals surface area contributed by atoms with Gasteiger partial charge in [0.15, 0.2) is 11.6 Å². The minimum absolute atomic E-state index is 0.0594. The molecular weight excluding hydrogens is 438 g/mol. The Kier molecular flexibility index (Phi) is 8.19. The Morgan fingerprint density at radius 1 is 1.26 bits per heavy atom. The van der Waals surface area contributed by atoms with E-state index in [4.69, 9.17) is 9.47 Å². The summed E-state index contributed by atoms with van der Waals surface area (Å²) in [5, 5.41) is 15.1. The van der Waals surface area contributed by atoms with Gasteiger partial charge in [0, 0.05) is 50.6 Å². The van der Waals surface area contributed by atoms with Crippen LogP contribution in [0.4, 0.5) is 22.1 Å². The van der Waals surface area contributed by atoms with Gasteiger partial charge in [-0.15, -0.1) is 5.10 Å². The average Bonchev–Trinajstić information content (AvgIpc) is 3.06. The van der Waals surface area contributed by atoms with Crippen LogP contribution >= 0.6 is 0 Å². The zero-order valence-corrected chi connectivity index (χ0v) is 21.1. The smallest absolute Gasteiger partial charge is 0.407 e. The van der Waals surface area contributed by atoms with Crippen molar-refractivity contribution >= 4 is 23.4 Å². The minimum Gasteiger partial charge on any atom is -0.444 e. The van der Waals surface area contributed by atoms with Crippen molar-refractivity contribution in [3.63, 3.8) is 0 Å². The third kappa shape index (κ3) is 6.96. The second-order valence-electron chi connectivity index (χ2n) is 9.61. The summed E-state index contributed by atoms with van der Waals surface area (Å²) < 4.78 is 14.1. The van der Waals surface area contributed by atoms with E-state index in [1.165, 1.54) is 4.68 Å². The number of aryl methyl sites for hydroxylation is 2. The monoisotopic (exact) mass is 475 g/mol. The fourth-order valence-corrected chi connectivity index (χ4v) is 3.69. The molecule has 0 bridgehead atoms. The molecule has 1 fully saturated rings. The van der Waals surface area contributed by atoms with Gasteiger partial charge in [-0.1, -0.05) is 6.92 Å². The van der Waals surface area contributed by atoms with Crippen molar-refractivity contribution in [2.45, 2.75) is 72.3 Å². The van der Waals surface area contributed by atoms with E-state index in [1.807, 2.05) is 47.7 Å². The average molecular weight is 476 g/mol. The van der Waals surface area contributed by atoms with Gasteiger partial charge in [-0.3, -0.25) is 9.48 Å². The van der Waals surface area contributed by atoms with E-state index in [-0.39, 0.29) is 18.3 Å². The first-order valence-electron chi connectivity index (χ1n) is 11.8. The summed E-state index contributed by atoms with van der Waals surface area (Å²) in [4.78, 5) is 27.4. The minimum atomic E-state index is -0.557. The Balaban J connectivity index is 1.83. The summed E-state index contributed by atoms with van der Waals surface area (Å²) in [6.07, 6.45) is 2.12. The second-order valence-corrected chi connectivity index (χ2v) is 9.61. The van der Waals surface area contributed by atoms with Crippen molar-refractivity contribution in [3.8, 4) is 0 Å². The van der Waals surface area contributed by atoms with Gasteiger partial charge in [0.05, 0.1) is 0 Å². The van der Waals surface area contributed by atoms with Crippen LogP contribution in [0.25, 0.3) is 0 Å². The van der Waals surface area contributed by atoms with Gasteiger partial charge in [-0.25, -0.2) is 4.79 Å². The normalized spacial score (nSPS) is 16.4. The van der Waals surface area contributed by atoms with Crippen LogP contribution in [0.2, 0.25) is 0 Å². The van der Waals surface area contributed by atoms with Gasteiger partial charge < -0.3 is 25.0 Å². The second kappa shape index (κ2) is 10.9. The van der Waals surface area contributed by atoms with Gasteiger partial charge in [0.25, 0.3) is 5.56 Å². The third-order valence-electron chi connectivity index (χ3n) is 5.37. The molecule has 0 spiro atoms. The lowest BCUT2D eigenvalue weighted by atomic mass is 10.1. The maximum atomic E-state index is 13.1. The molecule has 3 heterocycles. The van der Waals surface area contributed by atoms with Crippen molar-refractivity contribution in [2.75, 3.05) is 29.9 Å². The van der Waals surface area contributed by atoms with Crippen LogP contribution in [-0.2, 0) is 23.3 Å². The summed E-state index contributed by atoms with van der Waals surface area (Å²) >= 11 is 0. The van der Waals surface area contributed by atoms with Crippen LogP contribution in [0.15, 0.2) is 16.9 Å². The maximum absolute atomic E-state index is 13.1. The largest absolute Gasteiger partial charge is 0.444 e. The predicted molar refractivity (Wildman–Crippen MR) is 131 cm³/mol. The molecule has 11 nitrogen and oxygen atoms in total. The molecule has 0 aliphatic carbocycles. The molecule has 0 saturated carbocycles. The van der Waals surface area contributed by atoms with E-state index in [0.717, 1.165) is 31.5 Å². The molecule has 34 heavy (non-hydrogen) atoms. The summed E-state index contributed by atoms with van der Waals surface area (Å²) in [6, 6.07) is 3.52. The Labute approximate surface area is 200 Å². The van der Waals surface area contributed by atoms with Gasteiger partial charge in [-0.2, -0.15) is 9.78 Å². The van der Waals surface area contributed by atoms with Gasteiger partial charge in [0.2, 0.25) is 0 Å². The lowest BCUT2D eigenvalue weighted by Crippen LogP contribution is -2.49. The molecule has 2 aromatic rings. The van der Waals surface area contributed by atoms with Crippen molar-refractivity contribution in [1.29, 1.82) is 0 Å². The number of ether oxygens (including phenoxy) is 2. The molecule has 3 rings (SSSR count). The highest BCUT2D eigenvalue weighted by molar-refractivity contribution is 5.68. The van der Waals surface area contributed by atoms with Crippen LogP contribution in [0, 0.1) is 6.92 Å². The summed E-state index contributed by atoms with van der Waals surface area (Å²) in [6.45, 7) is 11.4. The number of hydrogen-bond acceptors (Lipinski definition) is 8. The molecule has 188 valence electrons. The number of amides is 1. The molecule has 1 saturated heterocycles. The zero-order chi connectivity index (χ0) is 24.9. The van der Waals surface area contributed by atoms with E-state index >= 15 is 0 Å². The molecule has 1 aliphatic rings. The highest BCUT2D eigenvalue weighted by atomic mass is 16.6. The van der Waals surface area contributed by atoms with E-state index in [2.05, 4.69) is 25.7 Å². The Hall–Kier alpha value is -3.08. The fraction of sp³-hybridized carbons (Fsp3) is 0.652. The molecule has 0 radical (unpaired) electrons. The summed E-state index contributed by atoms with van der Waals surface area (Å²) in [5.41, 5.74) is 0.489. The SMILES string of the molecule is CCCOCn1nc(N2CCCC(NC(=O)OC(C)(C)C)C2)cc(Nc2cc(C)n(C)n2)c1=O. The van der Waals surface area contributed by atoms with Crippen LogP contribution in [0.5, 0.6) is 0 Å². The van der Waals surface area contributed by atoms with Crippen molar-refractivity contribution in [3.05, 3.63) is 28.2 Å². The number of hydrogen-bond donors (Lipinski definition) is 2. The Bertz CT molecular complexity index is 1020. The van der Waals surface area contributed by atoms with Crippen molar-refractivity contribution < 1.29 is 14.3 Å². The molecule has 1 unspecified atom stereocenters. The number of nitrogens with zero attached hydrogens (tertiary/aromatic N) is 5. The van der Waals surface area contributed by atoms with Crippen LogP contribution < -0.4 is 21.1 Å². The quantitative estimate of drug-likeness (QED) is 0.560. The van der Waals surface area contributed by atoms with Gasteiger partial charge in [-0.05, 0) is 47.0 Å². The topological polar surface area (TPSA) is 116 Å². The lowest BCUT2D eigenvalue weighted by Gasteiger charge is -2.34. The number of carbonyl (C=O) groups excluding carboxylic acids is 1. The first-order chi connectivity index (χ1) is 16.1. The fourth-order valence-electron chi connectivity index (χ4n) is 3.69. The van der Waals surface area contributed by atoms with Gasteiger partial charge in [0.1, 0.15) is 18.0 Å². The van der Waals surface area contributed by atoms with E-state index < -0.39 is 11.7 Å². The number of piperidine rings is 1. The lowest BCUT2D eigenvalue weighted by molar-refractivity contribution is 0.0500. The summed E-state index contributed by atoms with van der Waals surface area (Å²) in [5.74, 6) is 1.21. The standard InChI is InChI=1S/C23H37N7O4/c1-7-11-33-15-30-21(31)18(25-19-12-16(2)28(6)26-19)13-20(27-30)29-10-8-9-17(14-29)24-22(32)34-23(3,4)5/h12-13,17H,7-11,14-15H2,1-6H3,(H,24,32)(H,25,26). The first kappa shape index (κ1) is 25.5. The van der Waals surface area contributed by atoms with Crippen molar-refractivity contribution in [2.24, 2.45) is 7.05 Å². The maximum Gasteiger partial charge on any atom is 0.407 e. The number of rotatable bonds is 8. The Morgan fingerprint density at radius 3 is 2.68 bits per heavy atom.